The number of nitrogens with one attached hydrogen (secondary N) is 2. The number of hydrogen-bond acceptors (Lipinski definition) is 4. The molecular formula is C17H18N2O4. The Morgan fingerprint density at radius 1 is 0.957 bits per heavy atom. The Bertz CT molecular complexity index is 641. The van der Waals surface area contributed by atoms with Crippen LogP contribution < -0.4 is 15.5 Å². The number of para-hydroxylation sites is 1. The summed E-state index contributed by atoms with van der Waals surface area (Å²) in [5, 5.41) is 11.1. The van der Waals surface area contributed by atoms with Gasteiger partial charge in [0.05, 0.1) is 0 Å². The Balaban J connectivity index is 1.82. The van der Waals surface area contributed by atoms with Gasteiger partial charge in [-0.2, -0.15) is 0 Å². The molecule has 0 aliphatic rings. The number of ether oxygens (including phenoxy) is 1. The first-order valence-electron chi connectivity index (χ1n) is 7.23. The minimum absolute atomic E-state index is 0.153. The van der Waals surface area contributed by atoms with Crippen LogP contribution in [-0.4, -0.2) is 23.6 Å². The van der Waals surface area contributed by atoms with Crippen LogP contribution in [0.15, 0.2) is 54.6 Å². The Morgan fingerprint density at radius 3 is 2.26 bits per heavy atom. The predicted molar refractivity (Wildman–Crippen MR) is 84.5 cm³/mol. The second kappa shape index (κ2) is 8.55. The number of rotatable bonds is 7. The molecule has 23 heavy (non-hydrogen) atoms. The average molecular weight is 314 g/mol. The monoisotopic (exact) mass is 314 g/mol. The molecule has 0 bridgehead atoms. The van der Waals surface area contributed by atoms with Gasteiger partial charge in [-0.25, -0.2) is 5.48 Å². The van der Waals surface area contributed by atoms with Gasteiger partial charge in [-0.05, 0) is 42.8 Å². The molecule has 2 rings (SSSR count). The molecule has 0 saturated carbocycles. The molecule has 2 aromatic carbocycles. The zero-order chi connectivity index (χ0) is 16.5. The van der Waals surface area contributed by atoms with Crippen LogP contribution in [0.2, 0.25) is 0 Å². The van der Waals surface area contributed by atoms with Crippen molar-refractivity contribution in [2.24, 2.45) is 0 Å². The Labute approximate surface area is 134 Å². The number of carbonyl (C=O) groups excluding carboxylic acids is 2. The van der Waals surface area contributed by atoms with Crippen LogP contribution in [0.4, 0.5) is 0 Å². The number of benzene rings is 2. The van der Waals surface area contributed by atoms with E-state index in [1.807, 2.05) is 30.3 Å². The van der Waals surface area contributed by atoms with Crippen LogP contribution in [0.1, 0.15) is 23.2 Å². The molecule has 6 nitrogen and oxygen atoms in total. The van der Waals surface area contributed by atoms with Gasteiger partial charge < -0.3 is 10.1 Å². The van der Waals surface area contributed by atoms with Gasteiger partial charge in [0.1, 0.15) is 11.5 Å². The van der Waals surface area contributed by atoms with Gasteiger partial charge >= 0.3 is 0 Å². The summed E-state index contributed by atoms with van der Waals surface area (Å²) >= 11 is 0. The highest BCUT2D eigenvalue weighted by atomic mass is 16.5. The maximum atomic E-state index is 11.9. The van der Waals surface area contributed by atoms with E-state index >= 15 is 0 Å². The van der Waals surface area contributed by atoms with E-state index in [1.165, 1.54) is 0 Å². The van der Waals surface area contributed by atoms with E-state index in [4.69, 9.17) is 9.94 Å². The van der Waals surface area contributed by atoms with E-state index in [9.17, 15) is 9.59 Å². The lowest BCUT2D eigenvalue weighted by Crippen LogP contribution is -2.26. The Hall–Kier alpha value is -2.86. The maximum absolute atomic E-state index is 11.9. The number of carbonyl (C=O) groups is 2. The number of hydrogen-bond donors (Lipinski definition) is 3. The summed E-state index contributed by atoms with van der Waals surface area (Å²) in [7, 11) is 0. The maximum Gasteiger partial charge on any atom is 0.251 e. The molecule has 2 aromatic rings. The quantitative estimate of drug-likeness (QED) is 0.416. The molecule has 0 aliphatic heterocycles. The first-order chi connectivity index (χ1) is 11.2. The van der Waals surface area contributed by atoms with E-state index in [-0.39, 0.29) is 12.3 Å². The predicted octanol–water partition coefficient (Wildman–Crippen LogP) is 2.49. The van der Waals surface area contributed by atoms with Crippen LogP contribution in [0.25, 0.3) is 0 Å². The fraction of sp³-hybridized carbons (Fsp3) is 0.176. The molecular weight excluding hydrogens is 296 g/mol. The molecule has 0 radical (unpaired) electrons. The average Bonchev–Trinajstić information content (AvgIpc) is 2.60. The van der Waals surface area contributed by atoms with Crippen molar-refractivity contribution in [3.8, 4) is 11.5 Å². The van der Waals surface area contributed by atoms with E-state index in [0.29, 0.717) is 24.3 Å². The highest BCUT2D eigenvalue weighted by Crippen LogP contribution is 2.21. The smallest absolute Gasteiger partial charge is 0.251 e. The highest BCUT2D eigenvalue weighted by Gasteiger charge is 2.06. The van der Waals surface area contributed by atoms with Gasteiger partial charge in [0.2, 0.25) is 5.91 Å². The molecule has 0 atom stereocenters. The van der Waals surface area contributed by atoms with E-state index in [2.05, 4.69) is 5.32 Å². The van der Waals surface area contributed by atoms with Gasteiger partial charge in [0.25, 0.3) is 5.91 Å². The van der Waals surface area contributed by atoms with Crippen LogP contribution in [0.5, 0.6) is 11.5 Å². The molecule has 0 aromatic heterocycles. The first-order valence-corrected chi connectivity index (χ1v) is 7.23. The summed E-state index contributed by atoms with van der Waals surface area (Å²) in [6.07, 6.45) is 0.605. The minimum atomic E-state index is -0.471. The third kappa shape index (κ3) is 5.44. The summed E-state index contributed by atoms with van der Waals surface area (Å²) in [4.78, 5) is 22.8. The van der Waals surface area contributed by atoms with Gasteiger partial charge in [-0.1, -0.05) is 18.2 Å². The van der Waals surface area contributed by atoms with Crippen molar-refractivity contribution in [1.29, 1.82) is 0 Å². The van der Waals surface area contributed by atoms with Gasteiger partial charge in [0.15, 0.2) is 0 Å². The zero-order valence-electron chi connectivity index (χ0n) is 12.5. The van der Waals surface area contributed by atoms with Gasteiger partial charge in [0, 0.05) is 18.5 Å². The molecule has 2 amide bonds. The molecule has 6 heteroatoms. The van der Waals surface area contributed by atoms with Crippen LogP contribution in [0, 0.1) is 0 Å². The molecule has 0 spiro atoms. The summed E-state index contributed by atoms with van der Waals surface area (Å²) in [5.74, 6) is 0.682. The topological polar surface area (TPSA) is 87.7 Å². The molecule has 3 N–H and O–H groups in total. The highest BCUT2D eigenvalue weighted by molar-refractivity contribution is 5.94. The largest absolute Gasteiger partial charge is 0.457 e. The molecule has 0 heterocycles. The van der Waals surface area contributed by atoms with Crippen molar-refractivity contribution in [1.82, 2.24) is 10.8 Å². The lowest BCUT2D eigenvalue weighted by Gasteiger charge is -2.07. The van der Waals surface area contributed by atoms with Crippen molar-refractivity contribution in [3.05, 3.63) is 60.2 Å². The third-order valence-corrected chi connectivity index (χ3v) is 3.09. The van der Waals surface area contributed by atoms with E-state index in [1.54, 1.807) is 29.7 Å². The fourth-order valence-electron chi connectivity index (χ4n) is 1.91. The van der Waals surface area contributed by atoms with Crippen LogP contribution >= 0.6 is 0 Å². The fourth-order valence-corrected chi connectivity index (χ4v) is 1.91. The Kier molecular flexibility index (Phi) is 6.14. The van der Waals surface area contributed by atoms with Gasteiger partial charge in [-0.3, -0.25) is 14.8 Å². The lowest BCUT2D eigenvalue weighted by molar-refractivity contribution is -0.129. The molecule has 0 saturated heterocycles. The van der Waals surface area contributed by atoms with Crippen LogP contribution in [-0.2, 0) is 4.79 Å². The van der Waals surface area contributed by atoms with Gasteiger partial charge in [-0.15, -0.1) is 0 Å². The number of hydroxylamine groups is 1. The minimum Gasteiger partial charge on any atom is -0.457 e. The van der Waals surface area contributed by atoms with E-state index in [0.717, 1.165) is 5.75 Å². The second-order valence-electron chi connectivity index (χ2n) is 4.83. The summed E-state index contributed by atoms with van der Waals surface area (Å²) in [6.45, 7) is 0.356. The van der Waals surface area contributed by atoms with Crippen molar-refractivity contribution in [2.45, 2.75) is 12.8 Å². The SMILES string of the molecule is O=C(CCCNC(=O)c1ccc(Oc2ccccc2)cc1)NO. The first kappa shape index (κ1) is 16.5. The molecule has 0 aliphatic carbocycles. The molecule has 0 fully saturated rings. The standard InChI is InChI=1S/C17H18N2O4/c20-16(19-22)7-4-12-18-17(21)13-8-10-15(11-9-13)23-14-5-2-1-3-6-14/h1-3,5-6,8-11,22H,4,7,12H2,(H,18,21)(H,19,20). The number of amides is 2. The zero-order valence-corrected chi connectivity index (χ0v) is 12.5. The Morgan fingerprint density at radius 2 is 1.61 bits per heavy atom. The second-order valence-corrected chi connectivity index (χ2v) is 4.83. The third-order valence-electron chi connectivity index (χ3n) is 3.09. The molecule has 120 valence electrons. The van der Waals surface area contributed by atoms with Crippen molar-refractivity contribution in [3.63, 3.8) is 0 Å². The van der Waals surface area contributed by atoms with Crippen LogP contribution in [0.3, 0.4) is 0 Å². The van der Waals surface area contributed by atoms with Crippen molar-refractivity contribution >= 4 is 11.8 Å². The summed E-state index contributed by atoms with van der Waals surface area (Å²) in [6, 6.07) is 16.2. The van der Waals surface area contributed by atoms with Crippen molar-refractivity contribution in [2.75, 3.05) is 6.54 Å². The molecule has 0 unspecified atom stereocenters. The van der Waals surface area contributed by atoms with Crippen molar-refractivity contribution < 1.29 is 19.5 Å². The van der Waals surface area contributed by atoms with E-state index < -0.39 is 5.91 Å². The summed E-state index contributed by atoms with van der Waals surface area (Å²) in [5.41, 5.74) is 2.06. The lowest BCUT2D eigenvalue weighted by atomic mass is 10.2. The summed E-state index contributed by atoms with van der Waals surface area (Å²) < 4.78 is 5.65. The normalized spacial score (nSPS) is 9.96.